The zero-order chi connectivity index (χ0) is 22.8. The predicted octanol–water partition coefficient (Wildman–Crippen LogP) is 2.77. The molecule has 1 heterocycles. The second kappa shape index (κ2) is 12.5. The molecule has 0 spiro atoms. The minimum absolute atomic E-state index is 0.103. The number of amides is 1. The molecule has 0 aliphatic heterocycles. The fourth-order valence-electron chi connectivity index (χ4n) is 3.69. The number of Topliss-reactive ketones (excluding diaryl/α,β-unsaturated/α-hetero) is 1. The SMILES string of the molecule is CCOCCCN(C(=O)COC)[C@@H](C)C(=O)c1c(C)c(C(=O)OCC)n(CC)c1C. The van der Waals surface area contributed by atoms with Crippen LogP contribution in [0.15, 0.2) is 0 Å². The van der Waals surface area contributed by atoms with Crippen molar-refractivity contribution in [3.05, 3.63) is 22.5 Å². The van der Waals surface area contributed by atoms with E-state index in [1.165, 1.54) is 12.0 Å². The first-order chi connectivity index (χ1) is 14.3. The number of carbonyl (C=O) groups is 3. The molecule has 0 bridgehead atoms. The van der Waals surface area contributed by atoms with E-state index in [-0.39, 0.29) is 24.9 Å². The Labute approximate surface area is 179 Å². The molecule has 1 rings (SSSR count). The number of hydrogen-bond donors (Lipinski definition) is 0. The maximum atomic E-state index is 13.5. The minimum atomic E-state index is -0.700. The normalized spacial score (nSPS) is 12.0. The lowest BCUT2D eigenvalue weighted by Crippen LogP contribution is -2.46. The molecule has 0 radical (unpaired) electrons. The average molecular weight is 425 g/mol. The van der Waals surface area contributed by atoms with Gasteiger partial charge in [0.05, 0.1) is 12.6 Å². The van der Waals surface area contributed by atoms with Gasteiger partial charge in [-0.25, -0.2) is 4.79 Å². The fourth-order valence-corrected chi connectivity index (χ4v) is 3.69. The van der Waals surface area contributed by atoms with Gasteiger partial charge in [-0.3, -0.25) is 9.59 Å². The van der Waals surface area contributed by atoms with Gasteiger partial charge in [-0.15, -0.1) is 0 Å². The highest BCUT2D eigenvalue weighted by Crippen LogP contribution is 2.26. The van der Waals surface area contributed by atoms with Crippen molar-refractivity contribution in [2.75, 3.05) is 40.1 Å². The standard InChI is InChI=1S/C22H36N2O6/c1-8-23-16(5)19(15(4)20(23)22(27)30-10-3)21(26)17(6)24(18(25)14-28-7)12-11-13-29-9-2/h17H,8-14H2,1-7H3/t17-/m0/s1. The van der Waals surface area contributed by atoms with Crippen molar-refractivity contribution in [3.63, 3.8) is 0 Å². The van der Waals surface area contributed by atoms with Gasteiger partial charge in [-0.2, -0.15) is 0 Å². The topological polar surface area (TPSA) is 87.1 Å². The Morgan fingerprint density at radius 2 is 1.77 bits per heavy atom. The quantitative estimate of drug-likeness (QED) is 0.275. The third-order valence-corrected chi connectivity index (χ3v) is 5.13. The first-order valence-electron chi connectivity index (χ1n) is 10.5. The number of nitrogens with zero attached hydrogens (tertiary/aromatic N) is 2. The summed E-state index contributed by atoms with van der Waals surface area (Å²) < 4.78 is 17.3. The monoisotopic (exact) mass is 424 g/mol. The van der Waals surface area contributed by atoms with Crippen molar-refractivity contribution in [1.82, 2.24) is 9.47 Å². The zero-order valence-corrected chi connectivity index (χ0v) is 19.4. The van der Waals surface area contributed by atoms with E-state index < -0.39 is 12.0 Å². The van der Waals surface area contributed by atoms with Crippen molar-refractivity contribution in [3.8, 4) is 0 Å². The Hall–Kier alpha value is -2.19. The largest absolute Gasteiger partial charge is 0.461 e. The summed E-state index contributed by atoms with van der Waals surface area (Å²) in [4.78, 5) is 40.1. The molecule has 30 heavy (non-hydrogen) atoms. The number of ketones is 1. The van der Waals surface area contributed by atoms with E-state index in [1.54, 1.807) is 25.3 Å². The molecule has 1 aromatic rings. The van der Waals surface area contributed by atoms with Crippen LogP contribution in [0.1, 0.15) is 66.2 Å². The summed E-state index contributed by atoms with van der Waals surface area (Å²) in [6, 6.07) is -0.700. The number of ether oxygens (including phenoxy) is 3. The number of methoxy groups -OCH3 is 1. The molecule has 0 saturated heterocycles. The summed E-state index contributed by atoms with van der Waals surface area (Å²) in [5.41, 5.74) is 2.13. The van der Waals surface area contributed by atoms with Crippen LogP contribution in [-0.4, -0.2) is 73.3 Å². The Morgan fingerprint density at radius 3 is 2.30 bits per heavy atom. The molecule has 0 unspecified atom stereocenters. The van der Waals surface area contributed by atoms with Crippen LogP contribution in [0.3, 0.4) is 0 Å². The van der Waals surface area contributed by atoms with Crippen LogP contribution in [0, 0.1) is 13.8 Å². The van der Waals surface area contributed by atoms with Crippen LogP contribution in [-0.2, 0) is 25.5 Å². The average Bonchev–Trinajstić information content (AvgIpc) is 2.96. The molecule has 1 amide bonds. The van der Waals surface area contributed by atoms with Crippen LogP contribution in [0.4, 0.5) is 0 Å². The van der Waals surface area contributed by atoms with Gasteiger partial charge < -0.3 is 23.7 Å². The Morgan fingerprint density at radius 1 is 1.10 bits per heavy atom. The lowest BCUT2D eigenvalue weighted by molar-refractivity contribution is -0.136. The maximum Gasteiger partial charge on any atom is 0.355 e. The van der Waals surface area contributed by atoms with Gasteiger partial charge in [-0.05, 0) is 53.5 Å². The second-order valence-electron chi connectivity index (χ2n) is 7.01. The highest BCUT2D eigenvalue weighted by molar-refractivity contribution is 6.06. The van der Waals surface area contributed by atoms with E-state index in [4.69, 9.17) is 14.2 Å². The molecule has 0 aliphatic rings. The number of rotatable bonds is 13. The molecule has 1 atom stereocenters. The maximum absolute atomic E-state index is 13.5. The van der Waals surface area contributed by atoms with Crippen molar-refractivity contribution < 1.29 is 28.6 Å². The fraction of sp³-hybridized carbons (Fsp3) is 0.682. The third-order valence-electron chi connectivity index (χ3n) is 5.13. The summed E-state index contributed by atoms with van der Waals surface area (Å²) in [7, 11) is 1.45. The number of hydrogen-bond acceptors (Lipinski definition) is 6. The Bertz CT molecular complexity index is 740. The predicted molar refractivity (Wildman–Crippen MR) is 114 cm³/mol. The van der Waals surface area contributed by atoms with Crippen LogP contribution in [0.2, 0.25) is 0 Å². The summed E-state index contributed by atoms with van der Waals surface area (Å²) in [5.74, 6) is -0.912. The number of carbonyl (C=O) groups excluding carboxylic acids is 3. The van der Waals surface area contributed by atoms with Crippen LogP contribution < -0.4 is 0 Å². The first kappa shape index (κ1) is 25.8. The highest BCUT2D eigenvalue weighted by Gasteiger charge is 2.32. The van der Waals surface area contributed by atoms with Gasteiger partial charge in [0.15, 0.2) is 5.78 Å². The Balaban J connectivity index is 3.27. The van der Waals surface area contributed by atoms with Crippen LogP contribution >= 0.6 is 0 Å². The minimum Gasteiger partial charge on any atom is -0.461 e. The molecule has 0 N–H and O–H groups in total. The van der Waals surface area contributed by atoms with Crippen LogP contribution in [0.25, 0.3) is 0 Å². The van der Waals surface area contributed by atoms with Crippen molar-refractivity contribution in [2.45, 2.75) is 60.5 Å². The van der Waals surface area contributed by atoms with Gasteiger partial charge in [0.1, 0.15) is 12.3 Å². The lowest BCUT2D eigenvalue weighted by Gasteiger charge is -2.28. The molecular formula is C22H36N2O6. The van der Waals surface area contributed by atoms with Gasteiger partial charge >= 0.3 is 5.97 Å². The van der Waals surface area contributed by atoms with Gasteiger partial charge in [0.2, 0.25) is 5.91 Å². The lowest BCUT2D eigenvalue weighted by atomic mass is 9.99. The van der Waals surface area contributed by atoms with E-state index in [0.717, 1.165) is 0 Å². The van der Waals surface area contributed by atoms with E-state index >= 15 is 0 Å². The summed E-state index contributed by atoms with van der Waals surface area (Å²) in [5, 5.41) is 0. The molecule has 170 valence electrons. The third kappa shape index (κ3) is 5.92. The summed E-state index contributed by atoms with van der Waals surface area (Å²) in [6.07, 6.45) is 0.614. The molecule has 8 nitrogen and oxygen atoms in total. The van der Waals surface area contributed by atoms with Gasteiger partial charge in [0.25, 0.3) is 0 Å². The molecule has 0 aliphatic carbocycles. The van der Waals surface area contributed by atoms with Crippen molar-refractivity contribution in [1.29, 1.82) is 0 Å². The molecular weight excluding hydrogens is 388 g/mol. The summed E-state index contributed by atoms with van der Waals surface area (Å²) >= 11 is 0. The molecule has 0 fully saturated rings. The van der Waals surface area contributed by atoms with E-state index in [0.29, 0.717) is 55.2 Å². The van der Waals surface area contributed by atoms with Gasteiger partial charge in [-0.1, -0.05) is 0 Å². The van der Waals surface area contributed by atoms with E-state index in [2.05, 4.69) is 0 Å². The smallest absolute Gasteiger partial charge is 0.355 e. The van der Waals surface area contributed by atoms with Crippen LogP contribution in [0.5, 0.6) is 0 Å². The Kier molecular flexibility index (Phi) is 10.8. The number of aromatic nitrogens is 1. The van der Waals surface area contributed by atoms with Crippen molar-refractivity contribution in [2.24, 2.45) is 0 Å². The van der Waals surface area contributed by atoms with E-state index in [9.17, 15) is 14.4 Å². The van der Waals surface area contributed by atoms with Crippen molar-refractivity contribution >= 4 is 17.7 Å². The van der Waals surface area contributed by atoms with Gasteiger partial charge in [0, 0.05) is 44.7 Å². The molecule has 8 heteroatoms. The second-order valence-corrected chi connectivity index (χ2v) is 7.01. The summed E-state index contributed by atoms with van der Waals surface area (Å²) in [6.45, 7) is 13.0. The molecule has 0 aromatic carbocycles. The molecule has 0 saturated carbocycles. The first-order valence-corrected chi connectivity index (χ1v) is 10.5. The molecule has 1 aromatic heterocycles. The number of esters is 1. The zero-order valence-electron chi connectivity index (χ0n) is 19.4. The highest BCUT2D eigenvalue weighted by atomic mass is 16.5. The van der Waals surface area contributed by atoms with E-state index in [1.807, 2.05) is 20.8 Å².